The Morgan fingerprint density at radius 1 is 1.39 bits per heavy atom. The van der Waals surface area contributed by atoms with Crippen LogP contribution < -0.4 is 5.32 Å². The van der Waals surface area contributed by atoms with Gasteiger partial charge >= 0.3 is 0 Å². The van der Waals surface area contributed by atoms with Crippen LogP contribution in [0.5, 0.6) is 0 Å². The summed E-state index contributed by atoms with van der Waals surface area (Å²) in [5.74, 6) is -0.269. The summed E-state index contributed by atoms with van der Waals surface area (Å²) in [6.45, 7) is 1.85. The topological polar surface area (TPSA) is 70.7 Å². The van der Waals surface area contributed by atoms with Crippen molar-refractivity contribution in [2.75, 3.05) is 0 Å². The molecule has 1 unspecified atom stereocenters. The SMILES string of the molecule is CC(NC(=O)c1cc(Cl)nc(Cl)c1)c1cn[nH]c1. The van der Waals surface area contributed by atoms with E-state index >= 15 is 0 Å². The molecule has 5 nitrogen and oxygen atoms in total. The van der Waals surface area contributed by atoms with Gasteiger partial charge in [-0.1, -0.05) is 23.2 Å². The van der Waals surface area contributed by atoms with E-state index in [1.807, 2.05) is 6.92 Å². The molecule has 1 amide bonds. The number of aromatic amines is 1. The molecule has 2 heterocycles. The molecule has 0 bridgehead atoms. The number of carbonyl (C=O) groups is 1. The summed E-state index contributed by atoms with van der Waals surface area (Å²) in [6, 6.07) is 2.76. The van der Waals surface area contributed by atoms with Crippen molar-refractivity contribution in [2.24, 2.45) is 0 Å². The molecule has 2 rings (SSSR count). The van der Waals surface area contributed by atoms with Crippen LogP contribution in [0.3, 0.4) is 0 Å². The molecule has 0 spiro atoms. The summed E-state index contributed by atoms with van der Waals surface area (Å²) in [5, 5.41) is 9.69. The third kappa shape index (κ3) is 3.00. The second kappa shape index (κ2) is 5.37. The molecular weight excluding hydrogens is 275 g/mol. The number of pyridine rings is 1. The second-order valence-electron chi connectivity index (χ2n) is 3.73. The third-order valence-electron chi connectivity index (χ3n) is 2.39. The molecule has 0 saturated heterocycles. The van der Waals surface area contributed by atoms with Crippen LogP contribution in [0, 0.1) is 0 Å². The molecule has 94 valence electrons. The zero-order valence-corrected chi connectivity index (χ0v) is 11.0. The molecule has 0 saturated carbocycles. The Balaban J connectivity index is 2.12. The van der Waals surface area contributed by atoms with E-state index in [1.165, 1.54) is 12.1 Å². The van der Waals surface area contributed by atoms with Crippen molar-refractivity contribution in [1.29, 1.82) is 0 Å². The summed E-state index contributed by atoms with van der Waals surface area (Å²) >= 11 is 11.5. The van der Waals surface area contributed by atoms with Crippen LogP contribution in [0.2, 0.25) is 10.3 Å². The van der Waals surface area contributed by atoms with E-state index in [1.54, 1.807) is 12.4 Å². The number of rotatable bonds is 3. The lowest BCUT2D eigenvalue weighted by atomic mass is 10.1. The largest absolute Gasteiger partial charge is 0.345 e. The minimum Gasteiger partial charge on any atom is -0.345 e. The Labute approximate surface area is 114 Å². The minimum absolute atomic E-state index is 0.165. The average molecular weight is 285 g/mol. The molecule has 18 heavy (non-hydrogen) atoms. The first-order chi connectivity index (χ1) is 8.56. The lowest BCUT2D eigenvalue weighted by Gasteiger charge is -2.12. The van der Waals surface area contributed by atoms with Gasteiger partial charge in [0.1, 0.15) is 10.3 Å². The molecule has 0 aliphatic carbocycles. The van der Waals surface area contributed by atoms with Crippen molar-refractivity contribution in [1.82, 2.24) is 20.5 Å². The normalized spacial score (nSPS) is 12.2. The molecule has 7 heteroatoms. The first-order valence-electron chi connectivity index (χ1n) is 5.19. The first kappa shape index (κ1) is 12.9. The predicted octanol–water partition coefficient (Wildman–Crippen LogP) is 2.60. The lowest BCUT2D eigenvalue weighted by molar-refractivity contribution is 0.0940. The van der Waals surface area contributed by atoms with E-state index in [4.69, 9.17) is 23.2 Å². The fourth-order valence-corrected chi connectivity index (χ4v) is 1.92. The molecular formula is C11H10Cl2N4O. The van der Waals surface area contributed by atoms with Crippen LogP contribution in [0.25, 0.3) is 0 Å². The van der Waals surface area contributed by atoms with Gasteiger partial charge in [0.2, 0.25) is 0 Å². The summed E-state index contributed by atoms with van der Waals surface area (Å²) in [5.41, 5.74) is 1.25. The third-order valence-corrected chi connectivity index (χ3v) is 2.78. The zero-order valence-electron chi connectivity index (χ0n) is 9.45. The Morgan fingerprint density at radius 3 is 2.61 bits per heavy atom. The number of hydrogen-bond donors (Lipinski definition) is 2. The maximum Gasteiger partial charge on any atom is 0.251 e. The standard InChI is InChI=1S/C11H10Cl2N4O/c1-6(8-4-14-15-5-8)16-11(18)7-2-9(12)17-10(13)3-7/h2-6H,1H3,(H,14,15)(H,16,18). The highest BCUT2D eigenvalue weighted by Gasteiger charge is 2.13. The van der Waals surface area contributed by atoms with Crippen LogP contribution in [-0.4, -0.2) is 21.1 Å². The van der Waals surface area contributed by atoms with Crippen molar-refractivity contribution in [3.63, 3.8) is 0 Å². The van der Waals surface area contributed by atoms with E-state index in [-0.39, 0.29) is 22.3 Å². The summed E-state index contributed by atoms with van der Waals surface area (Å²) in [4.78, 5) is 15.7. The van der Waals surface area contributed by atoms with Crippen molar-refractivity contribution in [3.8, 4) is 0 Å². The number of amides is 1. The van der Waals surface area contributed by atoms with Gasteiger partial charge in [-0.05, 0) is 19.1 Å². The van der Waals surface area contributed by atoms with Gasteiger partial charge in [0.15, 0.2) is 0 Å². The van der Waals surface area contributed by atoms with Crippen molar-refractivity contribution in [3.05, 3.63) is 46.0 Å². The van der Waals surface area contributed by atoms with E-state index in [9.17, 15) is 4.79 Å². The molecule has 2 aromatic heterocycles. The van der Waals surface area contributed by atoms with Crippen molar-refractivity contribution < 1.29 is 4.79 Å². The van der Waals surface area contributed by atoms with Crippen LogP contribution in [0.4, 0.5) is 0 Å². The fraction of sp³-hybridized carbons (Fsp3) is 0.182. The van der Waals surface area contributed by atoms with E-state index in [0.717, 1.165) is 5.56 Å². The van der Waals surface area contributed by atoms with Crippen molar-refractivity contribution >= 4 is 29.1 Å². The van der Waals surface area contributed by atoms with E-state index in [0.29, 0.717) is 5.56 Å². The first-order valence-corrected chi connectivity index (χ1v) is 5.94. The highest BCUT2D eigenvalue weighted by molar-refractivity contribution is 6.33. The molecule has 0 aliphatic rings. The second-order valence-corrected chi connectivity index (χ2v) is 4.50. The number of carbonyl (C=O) groups excluding carboxylic acids is 1. The molecule has 0 aliphatic heterocycles. The van der Waals surface area contributed by atoms with E-state index in [2.05, 4.69) is 20.5 Å². The molecule has 0 radical (unpaired) electrons. The molecule has 2 aromatic rings. The van der Waals surface area contributed by atoms with Crippen LogP contribution in [-0.2, 0) is 0 Å². The maximum atomic E-state index is 12.0. The Kier molecular flexibility index (Phi) is 3.84. The fourth-order valence-electron chi connectivity index (χ4n) is 1.46. The quantitative estimate of drug-likeness (QED) is 0.851. The van der Waals surface area contributed by atoms with Crippen LogP contribution >= 0.6 is 23.2 Å². The van der Waals surface area contributed by atoms with Gasteiger partial charge in [0.25, 0.3) is 5.91 Å². The number of nitrogens with zero attached hydrogens (tertiary/aromatic N) is 2. The Bertz CT molecular complexity index is 536. The summed E-state index contributed by atoms with van der Waals surface area (Å²) in [7, 11) is 0. The molecule has 1 atom stereocenters. The number of H-pyrrole nitrogens is 1. The van der Waals surface area contributed by atoms with Gasteiger partial charge in [-0.3, -0.25) is 9.89 Å². The van der Waals surface area contributed by atoms with Gasteiger partial charge in [-0.25, -0.2) is 4.98 Å². The van der Waals surface area contributed by atoms with Crippen LogP contribution in [0.1, 0.15) is 28.9 Å². The zero-order chi connectivity index (χ0) is 13.1. The van der Waals surface area contributed by atoms with Gasteiger partial charge in [-0.2, -0.15) is 5.10 Å². The van der Waals surface area contributed by atoms with Crippen LogP contribution in [0.15, 0.2) is 24.5 Å². The van der Waals surface area contributed by atoms with Gasteiger partial charge in [0.05, 0.1) is 12.2 Å². The maximum absolute atomic E-state index is 12.0. The van der Waals surface area contributed by atoms with Gasteiger partial charge < -0.3 is 5.32 Å². The van der Waals surface area contributed by atoms with Crippen molar-refractivity contribution in [2.45, 2.75) is 13.0 Å². The number of aromatic nitrogens is 3. The summed E-state index contributed by atoms with van der Waals surface area (Å²) in [6.07, 6.45) is 3.37. The Morgan fingerprint density at radius 2 is 2.06 bits per heavy atom. The average Bonchev–Trinajstić information content (AvgIpc) is 2.80. The summed E-state index contributed by atoms with van der Waals surface area (Å²) < 4.78 is 0. The lowest BCUT2D eigenvalue weighted by Crippen LogP contribution is -2.26. The Hall–Kier alpha value is -1.59. The molecule has 0 fully saturated rings. The molecule has 2 N–H and O–H groups in total. The smallest absolute Gasteiger partial charge is 0.251 e. The monoisotopic (exact) mass is 284 g/mol. The van der Waals surface area contributed by atoms with E-state index < -0.39 is 0 Å². The van der Waals surface area contributed by atoms with Gasteiger partial charge in [0, 0.05) is 17.3 Å². The predicted molar refractivity (Wildman–Crippen MR) is 68.7 cm³/mol. The number of hydrogen-bond acceptors (Lipinski definition) is 3. The number of nitrogens with one attached hydrogen (secondary N) is 2. The minimum atomic E-state index is -0.269. The highest BCUT2D eigenvalue weighted by atomic mass is 35.5. The number of halogens is 2. The van der Waals surface area contributed by atoms with Gasteiger partial charge in [-0.15, -0.1) is 0 Å². The highest BCUT2D eigenvalue weighted by Crippen LogP contribution is 2.16. The molecule has 0 aromatic carbocycles.